The van der Waals surface area contributed by atoms with Gasteiger partial charge in [-0.3, -0.25) is 0 Å². The Labute approximate surface area is 175 Å². The van der Waals surface area contributed by atoms with Crippen molar-refractivity contribution < 1.29 is 4.39 Å². The molecule has 0 fully saturated rings. The van der Waals surface area contributed by atoms with Gasteiger partial charge in [-0.1, -0.05) is 93.8 Å². The average molecular weight is 389 g/mol. The van der Waals surface area contributed by atoms with Crippen molar-refractivity contribution in [2.75, 3.05) is 0 Å². The topological polar surface area (TPSA) is 0 Å². The minimum absolute atomic E-state index is 0.0633. The van der Waals surface area contributed by atoms with Crippen LogP contribution in [0.5, 0.6) is 0 Å². The van der Waals surface area contributed by atoms with Crippen LogP contribution in [0.4, 0.5) is 4.39 Å². The van der Waals surface area contributed by atoms with Crippen molar-refractivity contribution >= 4 is 0 Å². The standard InChI is InChI=1S/C28H33F/c1-3-5-6-8-22-9-15-25(16-10-22)26-17-11-23(12-18-26)13-19-27-20-14-24(7-4-2)21-28(27)29/h9-12,14-18,20-21H,3-8,13,19H2,1-2H3. The molecule has 0 nitrogen and oxygen atoms in total. The van der Waals surface area contributed by atoms with Crippen molar-refractivity contribution in [2.24, 2.45) is 0 Å². The summed E-state index contributed by atoms with van der Waals surface area (Å²) in [6.45, 7) is 4.36. The molecule has 0 unspecified atom stereocenters. The maximum absolute atomic E-state index is 14.3. The Morgan fingerprint density at radius 1 is 0.552 bits per heavy atom. The third kappa shape index (κ3) is 6.29. The second kappa shape index (κ2) is 11.0. The third-order valence-electron chi connectivity index (χ3n) is 5.65. The molecule has 3 aromatic rings. The minimum Gasteiger partial charge on any atom is -0.207 e. The van der Waals surface area contributed by atoms with Crippen LogP contribution in [0.25, 0.3) is 11.1 Å². The quantitative estimate of drug-likeness (QED) is 0.309. The van der Waals surface area contributed by atoms with Crippen LogP contribution in [-0.2, 0) is 25.7 Å². The van der Waals surface area contributed by atoms with Gasteiger partial charge in [0.25, 0.3) is 0 Å². The van der Waals surface area contributed by atoms with Gasteiger partial charge in [-0.05, 0) is 71.6 Å². The first kappa shape index (κ1) is 21.3. The molecule has 29 heavy (non-hydrogen) atoms. The fraction of sp³-hybridized carbons (Fsp3) is 0.357. The molecule has 0 aromatic heterocycles. The number of hydrogen-bond acceptors (Lipinski definition) is 0. The second-order valence-corrected chi connectivity index (χ2v) is 8.03. The molecular weight excluding hydrogens is 355 g/mol. The molecule has 152 valence electrons. The SMILES string of the molecule is CCCCCc1ccc(-c2ccc(CCc3ccc(CCC)cc3F)cc2)cc1. The van der Waals surface area contributed by atoms with Crippen molar-refractivity contribution in [2.45, 2.75) is 65.2 Å². The predicted octanol–water partition coefficient (Wildman–Crippen LogP) is 7.96. The number of rotatable bonds is 10. The third-order valence-corrected chi connectivity index (χ3v) is 5.65. The maximum Gasteiger partial charge on any atom is 0.126 e. The highest BCUT2D eigenvalue weighted by molar-refractivity contribution is 5.64. The fourth-order valence-electron chi connectivity index (χ4n) is 3.82. The lowest BCUT2D eigenvalue weighted by molar-refractivity contribution is 0.606. The molecular formula is C28H33F. The van der Waals surface area contributed by atoms with E-state index in [1.165, 1.54) is 47.9 Å². The van der Waals surface area contributed by atoms with E-state index in [1.807, 2.05) is 6.07 Å². The van der Waals surface area contributed by atoms with Gasteiger partial charge in [-0.25, -0.2) is 4.39 Å². The normalized spacial score (nSPS) is 11.0. The molecule has 0 N–H and O–H groups in total. The Balaban J connectivity index is 1.57. The molecule has 0 aliphatic carbocycles. The molecule has 0 atom stereocenters. The monoisotopic (exact) mass is 388 g/mol. The summed E-state index contributed by atoms with van der Waals surface area (Å²) < 4.78 is 14.3. The van der Waals surface area contributed by atoms with Gasteiger partial charge in [0, 0.05) is 0 Å². The van der Waals surface area contributed by atoms with E-state index in [-0.39, 0.29) is 5.82 Å². The Morgan fingerprint density at radius 3 is 1.69 bits per heavy atom. The molecule has 0 amide bonds. The highest BCUT2D eigenvalue weighted by Gasteiger charge is 2.05. The molecule has 0 spiro atoms. The molecule has 0 saturated carbocycles. The zero-order chi connectivity index (χ0) is 20.5. The van der Waals surface area contributed by atoms with Crippen LogP contribution < -0.4 is 0 Å². The fourth-order valence-corrected chi connectivity index (χ4v) is 3.82. The first-order valence-corrected chi connectivity index (χ1v) is 11.1. The minimum atomic E-state index is -0.0633. The maximum atomic E-state index is 14.3. The Hall–Kier alpha value is -2.41. The highest BCUT2D eigenvalue weighted by Crippen LogP contribution is 2.22. The van der Waals surface area contributed by atoms with Gasteiger partial charge in [-0.15, -0.1) is 0 Å². The van der Waals surface area contributed by atoms with Crippen LogP contribution in [0, 0.1) is 5.82 Å². The summed E-state index contributed by atoms with van der Waals surface area (Å²) >= 11 is 0. The number of halogens is 1. The van der Waals surface area contributed by atoms with E-state index in [2.05, 4.69) is 68.4 Å². The largest absolute Gasteiger partial charge is 0.207 e. The second-order valence-electron chi connectivity index (χ2n) is 8.03. The zero-order valence-electron chi connectivity index (χ0n) is 17.9. The van der Waals surface area contributed by atoms with E-state index >= 15 is 0 Å². The van der Waals surface area contributed by atoms with E-state index in [0.29, 0.717) is 0 Å². The van der Waals surface area contributed by atoms with Crippen molar-refractivity contribution in [3.63, 3.8) is 0 Å². The van der Waals surface area contributed by atoms with E-state index in [1.54, 1.807) is 6.07 Å². The first-order valence-electron chi connectivity index (χ1n) is 11.1. The molecule has 1 heteroatoms. The average Bonchev–Trinajstić information content (AvgIpc) is 2.75. The van der Waals surface area contributed by atoms with Gasteiger partial charge in [0.2, 0.25) is 0 Å². The summed E-state index contributed by atoms with van der Waals surface area (Å²) in [7, 11) is 0. The van der Waals surface area contributed by atoms with E-state index < -0.39 is 0 Å². The van der Waals surface area contributed by atoms with Crippen molar-refractivity contribution in [1.29, 1.82) is 0 Å². The summed E-state index contributed by atoms with van der Waals surface area (Å²) in [5, 5.41) is 0. The van der Waals surface area contributed by atoms with Crippen LogP contribution in [-0.4, -0.2) is 0 Å². The molecule has 0 aliphatic heterocycles. The number of hydrogen-bond donors (Lipinski definition) is 0. The molecule has 3 rings (SSSR count). The number of aryl methyl sites for hydroxylation is 4. The van der Waals surface area contributed by atoms with Gasteiger partial charge in [0.1, 0.15) is 5.82 Å². The Bertz CT molecular complexity index is 875. The molecule has 0 saturated heterocycles. The van der Waals surface area contributed by atoms with Gasteiger partial charge in [-0.2, -0.15) is 0 Å². The molecule has 0 heterocycles. The molecule has 0 aliphatic rings. The molecule has 0 bridgehead atoms. The van der Waals surface area contributed by atoms with Gasteiger partial charge >= 0.3 is 0 Å². The molecule has 3 aromatic carbocycles. The molecule has 0 radical (unpaired) electrons. The first-order chi connectivity index (χ1) is 14.2. The van der Waals surface area contributed by atoms with Crippen molar-refractivity contribution in [3.8, 4) is 11.1 Å². The Kier molecular flexibility index (Phi) is 8.04. The van der Waals surface area contributed by atoms with Crippen LogP contribution in [0.1, 0.15) is 61.8 Å². The zero-order valence-corrected chi connectivity index (χ0v) is 17.9. The van der Waals surface area contributed by atoms with Crippen molar-refractivity contribution in [3.05, 3.63) is 94.8 Å². The van der Waals surface area contributed by atoms with Crippen molar-refractivity contribution in [1.82, 2.24) is 0 Å². The summed E-state index contributed by atoms with van der Waals surface area (Å²) in [6.07, 6.45) is 8.60. The lowest BCUT2D eigenvalue weighted by Crippen LogP contribution is -1.96. The van der Waals surface area contributed by atoms with Gasteiger partial charge in [0.05, 0.1) is 0 Å². The van der Waals surface area contributed by atoms with E-state index in [9.17, 15) is 4.39 Å². The summed E-state index contributed by atoms with van der Waals surface area (Å²) in [6, 6.07) is 23.4. The summed E-state index contributed by atoms with van der Waals surface area (Å²) in [5.74, 6) is -0.0633. The lowest BCUT2D eigenvalue weighted by atomic mass is 9.98. The van der Waals surface area contributed by atoms with Crippen LogP contribution >= 0.6 is 0 Å². The lowest BCUT2D eigenvalue weighted by Gasteiger charge is -2.08. The van der Waals surface area contributed by atoms with Crippen LogP contribution in [0.2, 0.25) is 0 Å². The van der Waals surface area contributed by atoms with E-state index in [0.717, 1.165) is 36.8 Å². The number of unbranched alkanes of at least 4 members (excludes halogenated alkanes) is 2. The predicted molar refractivity (Wildman–Crippen MR) is 123 cm³/mol. The highest BCUT2D eigenvalue weighted by atomic mass is 19.1. The Morgan fingerprint density at radius 2 is 1.14 bits per heavy atom. The summed E-state index contributed by atoms with van der Waals surface area (Å²) in [4.78, 5) is 0. The van der Waals surface area contributed by atoms with Crippen LogP contribution in [0.3, 0.4) is 0 Å². The van der Waals surface area contributed by atoms with Gasteiger partial charge in [0.15, 0.2) is 0 Å². The van der Waals surface area contributed by atoms with Crippen LogP contribution in [0.15, 0.2) is 66.7 Å². The van der Waals surface area contributed by atoms with E-state index in [4.69, 9.17) is 0 Å². The number of benzene rings is 3. The smallest absolute Gasteiger partial charge is 0.126 e. The summed E-state index contributed by atoms with van der Waals surface area (Å²) in [5.41, 5.74) is 7.08. The van der Waals surface area contributed by atoms with Gasteiger partial charge < -0.3 is 0 Å².